The van der Waals surface area contributed by atoms with E-state index in [1.54, 1.807) is 30.5 Å². The molecule has 1 amide bonds. The maximum absolute atomic E-state index is 11.4. The van der Waals surface area contributed by atoms with Crippen molar-refractivity contribution in [3.05, 3.63) is 95.6 Å². The number of nitrogens with zero attached hydrogens (tertiary/aromatic N) is 1. The molecule has 0 aliphatic heterocycles. The molecule has 0 fully saturated rings. The molecule has 0 aliphatic rings. The van der Waals surface area contributed by atoms with Gasteiger partial charge in [-0.15, -0.1) is 0 Å². The van der Waals surface area contributed by atoms with Crippen molar-refractivity contribution in [1.82, 2.24) is 4.98 Å². The van der Waals surface area contributed by atoms with E-state index in [-0.39, 0.29) is 24.3 Å². The molecular weight excluding hydrogens is 450 g/mol. The number of halogens is 1. The normalized spacial score (nSPS) is 11.6. The second-order valence-electron chi connectivity index (χ2n) is 7.83. The number of pyridine rings is 1. The van der Waals surface area contributed by atoms with Crippen LogP contribution in [0.25, 0.3) is 22.4 Å². The highest BCUT2D eigenvalue weighted by Gasteiger charge is 2.17. The monoisotopic (exact) mass is 473 g/mol. The minimum Gasteiger partial charge on any atom is -0.507 e. The summed E-state index contributed by atoms with van der Waals surface area (Å²) >= 11 is 6.20. The van der Waals surface area contributed by atoms with Gasteiger partial charge in [-0.2, -0.15) is 0 Å². The van der Waals surface area contributed by atoms with Crippen LogP contribution in [-0.2, 0) is 4.79 Å². The Bertz CT molecular complexity index is 1290. The highest BCUT2D eigenvalue weighted by molar-refractivity contribution is 6.31. The van der Waals surface area contributed by atoms with Crippen LogP contribution in [0.3, 0.4) is 0 Å². The third kappa shape index (κ3) is 5.36. The molecule has 0 saturated heterocycles. The van der Waals surface area contributed by atoms with Gasteiger partial charge in [-0.25, -0.2) is 0 Å². The lowest BCUT2D eigenvalue weighted by Gasteiger charge is -2.20. The first-order valence-corrected chi connectivity index (χ1v) is 11.1. The van der Waals surface area contributed by atoms with Crippen LogP contribution in [0, 0.1) is 0 Å². The van der Waals surface area contributed by atoms with Gasteiger partial charge in [-0.3, -0.25) is 9.78 Å². The number of carbonyl (C=O) groups excluding carboxylic acids is 1. The molecule has 1 aromatic heterocycles. The molecule has 0 aliphatic carbocycles. The van der Waals surface area contributed by atoms with Crippen LogP contribution in [-0.4, -0.2) is 27.7 Å². The number of benzene rings is 3. The third-order valence-electron chi connectivity index (χ3n) is 5.34. The third-order valence-corrected chi connectivity index (χ3v) is 5.58. The van der Waals surface area contributed by atoms with Crippen molar-refractivity contribution in [2.24, 2.45) is 0 Å². The van der Waals surface area contributed by atoms with Gasteiger partial charge in [0.15, 0.2) is 0 Å². The predicted octanol–water partition coefficient (Wildman–Crippen LogP) is 5.88. The number of aromatic nitrogens is 1. The van der Waals surface area contributed by atoms with Crippen molar-refractivity contribution in [2.45, 2.75) is 13.0 Å². The first-order valence-electron chi connectivity index (χ1n) is 10.7. The standard InChI is InChI=1S/C27H24ClN3O3/c1-17(33)30-21-10-7-18(8-11-21)23-14-22(31-25(16-32)19-5-3-2-4-6-19)15-29-27(23)24-13-20(28)9-12-26(24)34/h2-15,25,31-32,34H,16H2,1H3,(H,30,33)/t25-/m0/s1. The molecule has 4 rings (SSSR count). The van der Waals surface area contributed by atoms with Crippen molar-refractivity contribution < 1.29 is 15.0 Å². The summed E-state index contributed by atoms with van der Waals surface area (Å²) in [5.41, 5.74) is 4.97. The molecule has 0 unspecified atom stereocenters. The number of phenolic OH excluding ortho intramolecular Hbond substituents is 1. The molecule has 4 N–H and O–H groups in total. The second-order valence-corrected chi connectivity index (χ2v) is 8.27. The Kier molecular flexibility index (Phi) is 7.11. The Labute approximate surface area is 202 Å². The summed E-state index contributed by atoms with van der Waals surface area (Å²) in [6.07, 6.45) is 1.66. The number of rotatable bonds is 7. The van der Waals surface area contributed by atoms with Crippen LogP contribution in [0.2, 0.25) is 5.02 Å². The molecule has 34 heavy (non-hydrogen) atoms. The number of aromatic hydroxyl groups is 1. The van der Waals surface area contributed by atoms with Crippen molar-refractivity contribution in [3.63, 3.8) is 0 Å². The van der Waals surface area contributed by atoms with E-state index >= 15 is 0 Å². The average Bonchev–Trinajstić information content (AvgIpc) is 2.85. The van der Waals surface area contributed by atoms with E-state index in [2.05, 4.69) is 15.6 Å². The lowest BCUT2D eigenvalue weighted by Crippen LogP contribution is -2.15. The summed E-state index contributed by atoms with van der Waals surface area (Å²) in [4.78, 5) is 16.0. The van der Waals surface area contributed by atoms with Gasteiger partial charge in [0.25, 0.3) is 0 Å². The van der Waals surface area contributed by atoms with Crippen molar-refractivity contribution in [3.8, 4) is 28.1 Å². The molecule has 4 aromatic rings. The topological polar surface area (TPSA) is 94.5 Å². The van der Waals surface area contributed by atoms with E-state index in [9.17, 15) is 15.0 Å². The lowest BCUT2D eigenvalue weighted by atomic mass is 9.97. The van der Waals surface area contributed by atoms with Gasteiger partial charge >= 0.3 is 0 Å². The minimum absolute atomic E-state index is 0.0613. The van der Waals surface area contributed by atoms with E-state index in [1.165, 1.54) is 13.0 Å². The van der Waals surface area contributed by atoms with Crippen molar-refractivity contribution in [1.29, 1.82) is 0 Å². The molecule has 0 radical (unpaired) electrons. The van der Waals surface area contributed by atoms with Crippen molar-refractivity contribution in [2.75, 3.05) is 17.2 Å². The van der Waals surface area contributed by atoms with Crippen LogP contribution in [0.4, 0.5) is 11.4 Å². The zero-order valence-corrected chi connectivity index (χ0v) is 19.3. The number of hydrogen-bond acceptors (Lipinski definition) is 5. The Balaban J connectivity index is 1.78. The van der Waals surface area contributed by atoms with Gasteiger partial charge in [-0.1, -0.05) is 54.1 Å². The van der Waals surface area contributed by atoms with Gasteiger partial charge in [-0.05, 0) is 47.5 Å². The number of amides is 1. The Morgan fingerprint density at radius 3 is 2.38 bits per heavy atom. The number of anilines is 2. The first kappa shape index (κ1) is 23.3. The molecule has 3 aromatic carbocycles. The number of aliphatic hydroxyl groups is 1. The van der Waals surface area contributed by atoms with Gasteiger partial charge in [0, 0.05) is 28.8 Å². The summed E-state index contributed by atoms with van der Waals surface area (Å²) in [7, 11) is 0. The van der Waals surface area contributed by atoms with Gasteiger partial charge in [0.2, 0.25) is 5.91 Å². The highest BCUT2D eigenvalue weighted by atomic mass is 35.5. The molecule has 0 saturated carbocycles. The average molecular weight is 474 g/mol. The minimum atomic E-state index is -0.316. The summed E-state index contributed by atoms with van der Waals surface area (Å²) in [6, 6.07) is 23.4. The van der Waals surface area contributed by atoms with E-state index in [0.717, 1.165) is 16.7 Å². The highest BCUT2D eigenvalue weighted by Crippen LogP contribution is 2.38. The SMILES string of the molecule is CC(=O)Nc1ccc(-c2cc(N[C@@H](CO)c3ccccc3)cnc2-c2cc(Cl)ccc2O)cc1. The number of nitrogens with one attached hydrogen (secondary N) is 2. The van der Waals surface area contributed by atoms with E-state index in [4.69, 9.17) is 11.6 Å². The van der Waals surface area contributed by atoms with Gasteiger partial charge in [0.1, 0.15) is 5.75 Å². The number of hydrogen-bond donors (Lipinski definition) is 4. The van der Waals surface area contributed by atoms with Crippen LogP contribution >= 0.6 is 11.6 Å². The second kappa shape index (κ2) is 10.4. The summed E-state index contributed by atoms with van der Waals surface area (Å²) in [5.74, 6) is -0.0904. The fraction of sp³-hybridized carbons (Fsp3) is 0.111. The quantitative estimate of drug-likeness (QED) is 0.269. The maximum Gasteiger partial charge on any atom is 0.221 e. The molecular formula is C27H24ClN3O3. The fourth-order valence-electron chi connectivity index (χ4n) is 3.73. The Morgan fingerprint density at radius 1 is 0.971 bits per heavy atom. The Morgan fingerprint density at radius 2 is 1.71 bits per heavy atom. The first-order chi connectivity index (χ1) is 16.4. The molecule has 1 heterocycles. The Hall–Kier alpha value is -3.87. The van der Waals surface area contributed by atoms with Crippen LogP contribution in [0.15, 0.2) is 85.1 Å². The van der Waals surface area contributed by atoms with E-state index in [1.807, 2.05) is 48.5 Å². The molecule has 0 spiro atoms. The number of carbonyl (C=O) groups is 1. The molecule has 7 heteroatoms. The smallest absolute Gasteiger partial charge is 0.221 e. The number of aliphatic hydroxyl groups excluding tert-OH is 1. The van der Waals surface area contributed by atoms with E-state index in [0.29, 0.717) is 27.7 Å². The maximum atomic E-state index is 11.4. The summed E-state index contributed by atoms with van der Waals surface area (Å²) < 4.78 is 0. The van der Waals surface area contributed by atoms with Crippen LogP contribution < -0.4 is 10.6 Å². The summed E-state index contributed by atoms with van der Waals surface area (Å²) in [5, 5.41) is 27.1. The summed E-state index contributed by atoms with van der Waals surface area (Å²) in [6.45, 7) is 1.36. The largest absolute Gasteiger partial charge is 0.507 e. The van der Waals surface area contributed by atoms with Gasteiger partial charge in [0.05, 0.1) is 30.2 Å². The van der Waals surface area contributed by atoms with Gasteiger partial charge < -0.3 is 20.8 Å². The predicted molar refractivity (Wildman–Crippen MR) is 136 cm³/mol. The van der Waals surface area contributed by atoms with E-state index < -0.39 is 0 Å². The number of phenols is 1. The molecule has 0 bridgehead atoms. The zero-order chi connectivity index (χ0) is 24.1. The van der Waals surface area contributed by atoms with Crippen molar-refractivity contribution >= 4 is 28.9 Å². The molecule has 172 valence electrons. The zero-order valence-electron chi connectivity index (χ0n) is 18.5. The lowest BCUT2D eigenvalue weighted by molar-refractivity contribution is -0.114. The van der Waals surface area contributed by atoms with Crippen LogP contribution in [0.5, 0.6) is 5.75 Å². The van der Waals surface area contributed by atoms with Crippen LogP contribution in [0.1, 0.15) is 18.5 Å². The molecule has 6 nitrogen and oxygen atoms in total. The molecule has 1 atom stereocenters. The fourth-order valence-corrected chi connectivity index (χ4v) is 3.91.